The second-order valence-electron chi connectivity index (χ2n) is 3.55. The minimum Gasteiger partial charge on any atom is -0.273 e. The number of amides is 1. The van der Waals surface area contributed by atoms with Crippen molar-refractivity contribution in [2.24, 2.45) is 0 Å². The molecule has 0 aromatic rings. The topological polar surface area (TPSA) is 32.3 Å². The van der Waals surface area contributed by atoms with Crippen molar-refractivity contribution in [2.75, 3.05) is 6.54 Å². The van der Waals surface area contributed by atoms with E-state index in [-0.39, 0.29) is 11.4 Å². The van der Waals surface area contributed by atoms with E-state index in [1.165, 1.54) is 0 Å². The molecule has 0 unspecified atom stereocenters. The lowest BCUT2D eigenvalue weighted by Crippen LogP contribution is -2.49. The molecule has 1 amide bonds. The zero-order valence-electron chi connectivity index (χ0n) is 7.48. The van der Waals surface area contributed by atoms with Gasteiger partial charge in [-0.05, 0) is 20.3 Å². The van der Waals surface area contributed by atoms with Gasteiger partial charge in [-0.15, -0.1) is 0 Å². The summed E-state index contributed by atoms with van der Waals surface area (Å²) in [5, 5.41) is 1.76. The van der Waals surface area contributed by atoms with Crippen molar-refractivity contribution in [3.8, 4) is 0 Å². The summed E-state index contributed by atoms with van der Waals surface area (Å²) in [6, 6.07) is 0. The summed E-state index contributed by atoms with van der Waals surface area (Å²) in [5.74, 6) is 0.219. The predicted octanol–water partition coefficient (Wildman–Crippen LogP) is 0.912. The highest BCUT2D eigenvalue weighted by molar-refractivity contribution is 5.78. The standard InChI is InChI=1S/C8H16N2O/c1-4-9-10-7(11)5-6-8(10,2)3/h9H,4-6H2,1-3H3. The van der Waals surface area contributed by atoms with E-state index in [0.717, 1.165) is 13.0 Å². The third-order valence-corrected chi connectivity index (χ3v) is 2.12. The lowest BCUT2D eigenvalue weighted by Gasteiger charge is -2.31. The number of hydrazine groups is 1. The maximum absolute atomic E-state index is 11.2. The number of hydrogen-bond acceptors (Lipinski definition) is 2. The van der Waals surface area contributed by atoms with Gasteiger partial charge in [0.25, 0.3) is 0 Å². The maximum atomic E-state index is 11.2. The first-order valence-corrected chi connectivity index (χ1v) is 4.14. The number of nitrogens with zero attached hydrogens (tertiary/aromatic N) is 1. The molecule has 0 bridgehead atoms. The van der Waals surface area contributed by atoms with Gasteiger partial charge in [0.15, 0.2) is 0 Å². The Balaban J connectivity index is 2.64. The average molecular weight is 156 g/mol. The van der Waals surface area contributed by atoms with Gasteiger partial charge >= 0.3 is 0 Å². The summed E-state index contributed by atoms with van der Waals surface area (Å²) < 4.78 is 0. The van der Waals surface area contributed by atoms with E-state index in [4.69, 9.17) is 0 Å². The summed E-state index contributed by atoms with van der Waals surface area (Å²) >= 11 is 0. The molecule has 1 heterocycles. The largest absolute Gasteiger partial charge is 0.273 e. The first-order valence-electron chi connectivity index (χ1n) is 4.14. The van der Waals surface area contributed by atoms with Crippen LogP contribution >= 0.6 is 0 Å². The van der Waals surface area contributed by atoms with Crippen LogP contribution in [-0.4, -0.2) is 23.0 Å². The Morgan fingerprint density at radius 2 is 2.27 bits per heavy atom. The molecule has 0 saturated carbocycles. The number of rotatable bonds is 2. The Morgan fingerprint density at radius 3 is 2.64 bits per heavy atom. The molecule has 0 aromatic heterocycles. The van der Waals surface area contributed by atoms with Crippen molar-refractivity contribution in [3.63, 3.8) is 0 Å². The van der Waals surface area contributed by atoms with E-state index in [1.807, 2.05) is 6.92 Å². The smallest absolute Gasteiger partial charge is 0.237 e. The molecule has 1 rings (SSSR count). The Labute approximate surface area is 67.7 Å². The molecule has 1 saturated heterocycles. The number of hydrogen-bond donors (Lipinski definition) is 1. The molecule has 1 aliphatic heterocycles. The van der Waals surface area contributed by atoms with E-state index < -0.39 is 0 Å². The third kappa shape index (κ3) is 1.53. The summed E-state index contributed by atoms with van der Waals surface area (Å²) in [5.41, 5.74) is 3.08. The van der Waals surface area contributed by atoms with Crippen molar-refractivity contribution in [1.82, 2.24) is 10.4 Å². The summed E-state index contributed by atoms with van der Waals surface area (Å²) in [4.78, 5) is 11.2. The van der Waals surface area contributed by atoms with Crippen molar-refractivity contribution in [2.45, 2.75) is 39.2 Å². The lowest BCUT2D eigenvalue weighted by molar-refractivity contribution is -0.134. The van der Waals surface area contributed by atoms with Gasteiger partial charge in [-0.2, -0.15) is 0 Å². The van der Waals surface area contributed by atoms with E-state index in [0.29, 0.717) is 6.42 Å². The van der Waals surface area contributed by atoms with Crippen LogP contribution in [0.4, 0.5) is 0 Å². The highest BCUT2D eigenvalue weighted by Gasteiger charge is 2.37. The minimum absolute atomic E-state index is 0.00704. The van der Waals surface area contributed by atoms with Crippen LogP contribution in [0, 0.1) is 0 Å². The monoisotopic (exact) mass is 156 g/mol. The van der Waals surface area contributed by atoms with Crippen LogP contribution in [0.1, 0.15) is 33.6 Å². The summed E-state index contributed by atoms with van der Waals surface area (Å²) in [6.07, 6.45) is 1.64. The van der Waals surface area contributed by atoms with Crippen molar-refractivity contribution < 1.29 is 4.79 Å². The maximum Gasteiger partial charge on any atom is 0.237 e. The third-order valence-electron chi connectivity index (χ3n) is 2.12. The van der Waals surface area contributed by atoms with Gasteiger partial charge in [0.1, 0.15) is 0 Å². The van der Waals surface area contributed by atoms with E-state index in [9.17, 15) is 4.79 Å². The van der Waals surface area contributed by atoms with Crippen molar-refractivity contribution >= 4 is 5.91 Å². The number of carbonyl (C=O) groups excluding carboxylic acids is 1. The molecule has 1 fully saturated rings. The van der Waals surface area contributed by atoms with Gasteiger partial charge in [0.2, 0.25) is 5.91 Å². The normalized spacial score (nSPS) is 22.8. The first kappa shape index (κ1) is 8.53. The molecule has 11 heavy (non-hydrogen) atoms. The summed E-state index contributed by atoms with van der Waals surface area (Å²) in [7, 11) is 0. The lowest BCUT2D eigenvalue weighted by atomic mass is 10.0. The summed E-state index contributed by atoms with van der Waals surface area (Å²) in [6.45, 7) is 6.98. The van der Waals surface area contributed by atoms with Gasteiger partial charge in [-0.1, -0.05) is 6.92 Å². The fraction of sp³-hybridized carbons (Fsp3) is 0.875. The van der Waals surface area contributed by atoms with Gasteiger partial charge in [0, 0.05) is 13.0 Å². The molecular formula is C8H16N2O. The first-order chi connectivity index (χ1) is 5.08. The minimum atomic E-state index is 0.00704. The molecule has 0 aromatic carbocycles. The fourth-order valence-corrected chi connectivity index (χ4v) is 1.43. The van der Waals surface area contributed by atoms with Crippen LogP contribution in [0.2, 0.25) is 0 Å². The van der Waals surface area contributed by atoms with Crippen molar-refractivity contribution in [1.29, 1.82) is 0 Å². The Bertz CT molecular complexity index is 165. The second-order valence-corrected chi connectivity index (χ2v) is 3.55. The number of carbonyl (C=O) groups is 1. The molecule has 3 heteroatoms. The van der Waals surface area contributed by atoms with Gasteiger partial charge in [0.05, 0.1) is 5.54 Å². The Hall–Kier alpha value is -0.570. The average Bonchev–Trinajstić information content (AvgIpc) is 2.16. The molecule has 64 valence electrons. The number of nitrogens with one attached hydrogen (secondary N) is 1. The van der Waals surface area contributed by atoms with Crippen LogP contribution in [0.3, 0.4) is 0 Å². The van der Waals surface area contributed by atoms with Crippen LogP contribution in [-0.2, 0) is 4.79 Å². The fourth-order valence-electron chi connectivity index (χ4n) is 1.43. The predicted molar refractivity (Wildman–Crippen MR) is 43.8 cm³/mol. The Morgan fingerprint density at radius 1 is 1.64 bits per heavy atom. The SMILES string of the molecule is CCNN1C(=O)CCC1(C)C. The zero-order valence-corrected chi connectivity index (χ0v) is 7.48. The van der Waals surface area contributed by atoms with E-state index >= 15 is 0 Å². The van der Waals surface area contributed by atoms with Crippen molar-refractivity contribution in [3.05, 3.63) is 0 Å². The quantitative estimate of drug-likeness (QED) is 0.644. The van der Waals surface area contributed by atoms with Crippen LogP contribution in [0.15, 0.2) is 0 Å². The molecular weight excluding hydrogens is 140 g/mol. The highest BCUT2D eigenvalue weighted by atomic mass is 16.2. The molecule has 3 nitrogen and oxygen atoms in total. The van der Waals surface area contributed by atoms with Gasteiger partial charge < -0.3 is 0 Å². The highest BCUT2D eigenvalue weighted by Crippen LogP contribution is 2.26. The molecule has 0 atom stereocenters. The molecule has 0 spiro atoms. The van der Waals surface area contributed by atoms with Gasteiger partial charge in [-0.3, -0.25) is 9.80 Å². The Kier molecular flexibility index (Phi) is 2.18. The second kappa shape index (κ2) is 2.81. The molecule has 0 aliphatic carbocycles. The van der Waals surface area contributed by atoms with Crippen LogP contribution in [0.25, 0.3) is 0 Å². The van der Waals surface area contributed by atoms with Gasteiger partial charge in [-0.25, -0.2) is 5.43 Å². The van der Waals surface area contributed by atoms with E-state index in [2.05, 4.69) is 19.3 Å². The molecule has 1 N–H and O–H groups in total. The van der Waals surface area contributed by atoms with Crippen LogP contribution in [0.5, 0.6) is 0 Å². The van der Waals surface area contributed by atoms with Crippen LogP contribution < -0.4 is 5.43 Å². The zero-order chi connectivity index (χ0) is 8.48. The molecule has 1 aliphatic rings. The van der Waals surface area contributed by atoms with E-state index in [1.54, 1.807) is 5.01 Å². The molecule has 0 radical (unpaired) electrons.